The van der Waals surface area contributed by atoms with E-state index in [4.69, 9.17) is 5.73 Å². The SMILES string of the molecule is CC.Nc1ccccc1C(O)CN1CCC(Cc2ccccc2)CC1. The second-order valence-electron chi connectivity index (χ2n) is 6.58. The highest BCUT2D eigenvalue weighted by atomic mass is 16.3. The van der Waals surface area contributed by atoms with Crippen LogP contribution in [0.25, 0.3) is 0 Å². The van der Waals surface area contributed by atoms with Crippen LogP contribution >= 0.6 is 0 Å². The fourth-order valence-electron chi connectivity index (χ4n) is 3.48. The number of nitrogen functional groups attached to an aromatic ring is 1. The van der Waals surface area contributed by atoms with E-state index in [1.807, 2.05) is 38.1 Å². The van der Waals surface area contributed by atoms with Crippen LogP contribution in [0.15, 0.2) is 54.6 Å². The Bertz CT molecular complexity index is 606. The highest BCUT2D eigenvalue weighted by molar-refractivity contribution is 5.47. The molecule has 1 saturated heterocycles. The van der Waals surface area contributed by atoms with Crippen molar-refractivity contribution in [2.24, 2.45) is 5.92 Å². The number of hydrogen-bond acceptors (Lipinski definition) is 3. The van der Waals surface area contributed by atoms with Gasteiger partial charge < -0.3 is 15.7 Å². The molecule has 1 aliphatic heterocycles. The number of rotatable bonds is 5. The van der Waals surface area contributed by atoms with Crippen molar-refractivity contribution >= 4 is 5.69 Å². The minimum Gasteiger partial charge on any atom is -0.398 e. The minimum atomic E-state index is -0.498. The van der Waals surface area contributed by atoms with E-state index in [9.17, 15) is 5.11 Å². The lowest BCUT2D eigenvalue weighted by atomic mass is 9.90. The summed E-state index contributed by atoms with van der Waals surface area (Å²) < 4.78 is 0. The molecule has 3 N–H and O–H groups in total. The number of anilines is 1. The van der Waals surface area contributed by atoms with Crippen LogP contribution in [0, 0.1) is 5.92 Å². The van der Waals surface area contributed by atoms with Gasteiger partial charge in [0.15, 0.2) is 0 Å². The predicted octanol–water partition coefficient (Wildman–Crippen LogP) is 4.28. The second-order valence-corrected chi connectivity index (χ2v) is 6.58. The maximum Gasteiger partial charge on any atom is 0.0936 e. The number of para-hydroxylation sites is 1. The quantitative estimate of drug-likeness (QED) is 0.799. The summed E-state index contributed by atoms with van der Waals surface area (Å²) in [6, 6.07) is 18.3. The van der Waals surface area contributed by atoms with Gasteiger partial charge in [0.2, 0.25) is 0 Å². The number of nitrogens with zero attached hydrogens (tertiary/aromatic N) is 1. The molecule has 3 nitrogen and oxygen atoms in total. The summed E-state index contributed by atoms with van der Waals surface area (Å²) in [6.45, 7) is 6.79. The van der Waals surface area contributed by atoms with Crippen molar-refractivity contribution in [2.45, 2.75) is 39.2 Å². The molecule has 0 saturated carbocycles. The van der Waals surface area contributed by atoms with Crippen LogP contribution in [0.4, 0.5) is 5.69 Å². The number of aliphatic hydroxyl groups is 1. The van der Waals surface area contributed by atoms with E-state index < -0.39 is 6.10 Å². The van der Waals surface area contributed by atoms with Gasteiger partial charge in [-0.2, -0.15) is 0 Å². The van der Waals surface area contributed by atoms with Gasteiger partial charge in [0.25, 0.3) is 0 Å². The van der Waals surface area contributed by atoms with Gasteiger partial charge in [-0.15, -0.1) is 0 Å². The van der Waals surface area contributed by atoms with Gasteiger partial charge in [-0.1, -0.05) is 62.4 Å². The van der Waals surface area contributed by atoms with Crippen LogP contribution in [0.2, 0.25) is 0 Å². The average molecular weight is 341 g/mol. The summed E-state index contributed by atoms with van der Waals surface area (Å²) in [4.78, 5) is 2.36. The lowest BCUT2D eigenvalue weighted by Crippen LogP contribution is -2.37. The first-order chi connectivity index (χ1) is 12.2. The van der Waals surface area contributed by atoms with Crippen molar-refractivity contribution in [1.82, 2.24) is 4.90 Å². The molecule has 2 aromatic rings. The summed E-state index contributed by atoms with van der Waals surface area (Å²) in [5.74, 6) is 0.757. The summed E-state index contributed by atoms with van der Waals surface area (Å²) in [7, 11) is 0. The molecule has 0 radical (unpaired) electrons. The van der Waals surface area contributed by atoms with Crippen molar-refractivity contribution < 1.29 is 5.11 Å². The first kappa shape index (κ1) is 19.5. The van der Waals surface area contributed by atoms with Crippen molar-refractivity contribution in [3.8, 4) is 0 Å². The van der Waals surface area contributed by atoms with E-state index in [2.05, 4.69) is 35.2 Å². The van der Waals surface area contributed by atoms with Gasteiger partial charge in [-0.05, 0) is 49.9 Å². The van der Waals surface area contributed by atoms with Gasteiger partial charge in [0.05, 0.1) is 6.10 Å². The first-order valence-electron chi connectivity index (χ1n) is 9.51. The van der Waals surface area contributed by atoms with E-state index in [-0.39, 0.29) is 0 Å². The Kier molecular flexibility index (Phi) is 7.96. The Hall–Kier alpha value is -1.84. The molecule has 2 aromatic carbocycles. The normalized spacial score (nSPS) is 16.8. The highest BCUT2D eigenvalue weighted by Crippen LogP contribution is 2.25. The van der Waals surface area contributed by atoms with E-state index in [1.54, 1.807) is 0 Å². The number of aliphatic hydroxyl groups excluding tert-OH is 1. The van der Waals surface area contributed by atoms with Crippen LogP contribution in [0.1, 0.15) is 43.9 Å². The summed E-state index contributed by atoms with van der Waals surface area (Å²) >= 11 is 0. The van der Waals surface area contributed by atoms with E-state index >= 15 is 0 Å². The number of β-amino-alcohol motifs (C(OH)–C–C–N with tert-alkyl or cyclic N) is 1. The van der Waals surface area contributed by atoms with Crippen molar-refractivity contribution in [1.29, 1.82) is 0 Å². The molecule has 25 heavy (non-hydrogen) atoms. The molecule has 1 unspecified atom stereocenters. The van der Waals surface area contributed by atoms with Gasteiger partial charge in [0, 0.05) is 17.8 Å². The van der Waals surface area contributed by atoms with E-state index in [0.717, 1.165) is 24.6 Å². The standard InChI is InChI=1S/C20H26N2O.C2H6/c21-19-9-5-4-8-18(19)20(23)15-22-12-10-17(11-13-22)14-16-6-2-1-3-7-16;1-2/h1-9,17,20,23H,10-15,21H2;1-2H3. The Morgan fingerprint density at radius 3 is 2.24 bits per heavy atom. The number of piperidine rings is 1. The first-order valence-corrected chi connectivity index (χ1v) is 9.51. The van der Waals surface area contributed by atoms with Crippen LogP contribution in [0.3, 0.4) is 0 Å². The highest BCUT2D eigenvalue weighted by Gasteiger charge is 2.22. The second kappa shape index (κ2) is 10.2. The van der Waals surface area contributed by atoms with Crippen molar-refractivity contribution in [3.63, 3.8) is 0 Å². The molecule has 1 aliphatic rings. The molecule has 0 spiro atoms. The van der Waals surface area contributed by atoms with Crippen molar-refractivity contribution in [3.05, 3.63) is 65.7 Å². The van der Waals surface area contributed by atoms with E-state index in [0.29, 0.717) is 12.2 Å². The number of nitrogens with two attached hydrogens (primary N) is 1. The lowest BCUT2D eigenvalue weighted by molar-refractivity contribution is 0.0897. The molecule has 1 fully saturated rings. The van der Waals surface area contributed by atoms with Gasteiger partial charge in [-0.3, -0.25) is 0 Å². The average Bonchev–Trinajstić information content (AvgIpc) is 2.66. The zero-order valence-corrected chi connectivity index (χ0v) is 15.6. The Labute approximate surface area is 152 Å². The zero-order chi connectivity index (χ0) is 18.1. The maximum absolute atomic E-state index is 10.4. The van der Waals surface area contributed by atoms with Gasteiger partial charge in [0.1, 0.15) is 0 Å². The molecule has 0 aromatic heterocycles. The van der Waals surface area contributed by atoms with Crippen LogP contribution in [0.5, 0.6) is 0 Å². The molecule has 0 amide bonds. The summed E-state index contributed by atoms with van der Waals surface area (Å²) in [5, 5.41) is 10.4. The third kappa shape index (κ3) is 5.87. The molecule has 0 bridgehead atoms. The lowest BCUT2D eigenvalue weighted by Gasteiger charge is -2.33. The van der Waals surface area contributed by atoms with Crippen LogP contribution in [-0.2, 0) is 6.42 Å². The molecule has 3 heteroatoms. The van der Waals surface area contributed by atoms with Crippen LogP contribution in [-0.4, -0.2) is 29.6 Å². The van der Waals surface area contributed by atoms with Crippen molar-refractivity contribution in [2.75, 3.05) is 25.4 Å². The van der Waals surface area contributed by atoms with Gasteiger partial charge in [-0.25, -0.2) is 0 Å². The van der Waals surface area contributed by atoms with Gasteiger partial charge >= 0.3 is 0 Å². The topological polar surface area (TPSA) is 49.5 Å². The fourth-order valence-corrected chi connectivity index (χ4v) is 3.48. The largest absolute Gasteiger partial charge is 0.398 e. The predicted molar refractivity (Wildman–Crippen MR) is 106 cm³/mol. The fraction of sp³-hybridized carbons (Fsp3) is 0.455. The zero-order valence-electron chi connectivity index (χ0n) is 15.6. The Morgan fingerprint density at radius 1 is 1.00 bits per heavy atom. The maximum atomic E-state index is 10.4. The molecule has 136 valence electrons. The molecular weight excluding hydrogens is 308 g/mol. The molecule has 3 rings (SSSR count). The smallest absolute Gasteiger partial charge is 0.0936 e. The molecule has 1 heterocycles. The number of hydrogen-bond donors (Lipinski definition) is 2. The monoisotopic (exact) mass is 340 g/mol. The molecular formula is C22H32N2O. The third-order valence-electron chi connectivity index (χ3n) is 4.86. The third-order valence-corrected chi connectivity index (χ3v) is 4.86. The summed E-state index contributed by atoms with van der Waals surface area (Å²) in [5.41, 5.74) is 8.92. The molecule has 0 aliphatic carbocycles. The number of likely N-dealkylation sites (tertiary alicyclic amines) is 1. The minimum absolute atomic E-state index is 0.498. The summed E-state index contributed by atoms with van der Waals surface area (Å²) in [6.07, 6.45) is 3.07. The van der Waals surface area contributed by atoms with E-state index in [1.165, 1.54) is 24.8 Å². The number of benzene rings is 2. The Morgan fingerprint density at radius 2 is 1.60 bits per heavy atom. The molecule has 1 atom stereocenters. The van der Waals surface area contributed by atoms with Crippen LogP contribution < -0.4 is 5.73 Å². The Balaban J connectivity index is 0.00000109.